The van der Waals surface area contributed by atoms with E-state index in [1.807, 2.05) is 0 Å². The molecule has 0 spiro atoms. The smallest absolute Gasteiger partial charge is 0.234 e. The third-order valence-electron chi connectivity index (χ3n) is 4.65. The van der Waals surface area contributed by atoms with Gasteiger partial charge in [0.2, 0.25) is 5.91 Å². The number of fused-ring (bicyclic) bond motifs is 2. The third kappa shape index (κ3) is 2.10. The predicted molar refractivity (Wildman–Crippen MR) is 63.1 cm³/mol. The van der Waals surface area contributed by atoms with Crippen molar-refractivity contribution in [1.29, 1.82) is 0 Å². The molecule has 3 nitrogen and oxygen atoms in total. The summed E-state index contributed by atoms with van der Waals surface area (Å²) in [4.78, 5) is 14.2. The molecular weight excluding hydrogens is 200 g/mol. The lowest BCUT2D eigenvalue weighted by atomic mass is 9.95. The van der Waals surface area contributed by atoms with Crippen LogP contribution in [0.4, 0.5) is 0 Å². The van der Waals surface area contributed by atoms with E-state index in [-0.39, 0.29) is 5.91 Å². The van der Waals surface area contributed by atoms with E-state index in [1.165, 1.54) is 38.5 Å². The van der Waals surface area contributed by atoms with Gasteiger partial charge in [-0.3, -0.25) is 9.69 Å². The van der Waals surface area contributed by atoms with E-state index in [4.69, 9.17) is 0 Å². The highest BCUT2D eigenvalue weighted by Crippen LogP contribution is 2.44. The Morgan fingerprint density at radius 2 is 2.00 bits per heavy atom. The van der Waals surface area contributed by atoms with Crippen molar-refractivity contribution >= 4 is 5.91 Å². The Morgan fingerprint density at radius 1 is 1.19 bits per heavy atom. The van der Waals surface area contributed by atoms with E-state index in [0.29, 0.717) is 12.6 Å². The number of likely N-dealkylation sites (tertiary alicyclic amines) is 1. The monoisotopic (exact) mass is 222 g/mol. The second-order valence-corrected chi connectivity index (χ2v) is 5.83. The Labute approximate surface area is 97.6 Å². The molecule has 0 aromatic carbocycles. The number of rotatable bonds is 3. The van der Waals surface area contributed by atoms with Crippen LogP contribution in [0.3, 0.4) is 0 Å². The van der Waals surface area contributed by atoms with Crippen LogP contribution >= 0.6 is 0 Å². The average molecular weight is 222 g/mol. The molecule has 2 aliphatic carbocycles. The number of amides is 1. The Morgan fingerprint density at radius 3 is 2.62 bits per heavy atom. The molecule has 0 aromatic heterocycles. The van der Waals surface area contributed by atoms with Crippen molar-refractivity contribution in [2.75, 3.05) is 19.6 Å². The minimum Gasteiger partial charge on any atom is -0.352 e. The second kappa shape index (κ2) is 4.36. The molecule has 0 unspecified atom stereocenters. The van der Waals surface area contributed by atoms with Gasteiger partial charge < -0.3 is 5.32 Å². The van der Waals surface area contributed by atoms with Gasteiger partial charge in [0.25, 0.3) is 0 Å². The van der Waals surface area contributed by atoms with Gasteiger partial charge in [0.15, 0.2) is 0 Å². The van der Waals surface area contributed by atoms with E-state index in [1.54, 1.807) is 0 Å². The Hall–Kier alpha value is -0.570. The number of carbonyl (C=O) groups is 1. The van der Waals surface area contributed by atoms with Crippen molar-refractivity contribution in [3.63, 3.8) is 0 Å². The molecule has 1 aliphatic heterocycles. The highest BCUT2D eigenvalue weighted by Gasteiger charge is 2.40. The number of nitrogens with zero attached hydrogens (tertiary/aromatic N) is 1. The summed E-state index contributed by atoms with van der Waals surface area (Å²) in [5, 5.41) is 3.26. The number of carbonyl (C=O) groups excluding carboxylic acids is 1. The zero-order valence-corrected chi connectivity index (χ0v) is 9.95. The SMILES string of the molecule is O=C(CN1CCCC1)N[C@@H]1C[C@H]2CC[C@H]1C2. The van der Waals surface area contributed by atoms with E-state index in [2.05, 4.69) is 10.2 Å². The fraction of sp³-hybridized carbons (Fsp3) is 0.923. The largest absolute Gasteiger partial charge is 0.352 e. The molecule has 1 N–H and O–H groups in total. The minimum absolute atomic E-state index is 0.263. The van der Waals surface area contributed by atoms with Gasteiger partial charge in [-0.15, -0.1) is 0 Å². The molecule has 0 radical (unpaired) electrons. The molecule has 2 saturated carbocycles. The Balaban J connectivity index is 1.45. The first-order chi connectivity index (χ1) is 7.81. The molecule has 3 atom stereocenters. The van der Waals surface area contributed by atoms with Gasteiger partial charge in [-0.25, -0.2) is 0 Å². The number of hydrogen-bond acceptors (Lipinski definition) is 2. The zero-order chi connectivity index (χ0) is 11.0. The van der Waals surface area contributed by atoms with Crippen molar-refractivity contribution in [1.82, 2.24) is 10.2 Å². The highest BCUT2D eigenvalue weighted by molar-refractivity contribution is 5.78. The van der Waals surface area contributed by atoms with Gasteiger partial charge in [-0.2, -0.15) is 0 Å². The van der Waals surface area contributed by atoms with E-state index in [0.717, 1.165) is 24.9 Å². The molecule has 0 aromatic rings. The van der Waals surface area contributed by atoms with E-state index >= 15 is 0 Å². The van der Waals surface area contributed by atoms with E-state index in [9.17, 15) is 4.79 Å². The highest BCUT2D eigenvalue weighted by atomic mass is 16.2. The maximum Gasteiger partial charge on any atom is 0.234 e. The van der Waals surface area contributed by atoms with Crippen LogP contribution in [-0.4, -0.2) is 36.5 Å². The van der Waals surface area contributed by atoms with Crippen LogP contribution < -0.4 is 5.32 Å². The molecule has 2 bridgehead atoms. The van der Waals surface area contributed by atoms with Gasteiger partial charge in [-0.05, 0) is 57.0 Å². The van der Waals surface area contributed by atoms with E-state index < -0.39 is 0 Å². The van der Waals surface area contributed by atoms with Gasteiger partial charge in [0.1, 0.15) is 0 Å². The summed E-state index contributed by atoms with van der Waals surface area (Å²) in [6.07, 6.45) is 7.90. The molecule has 3 fully saturated rings. The third-order valence-corrected chi connectivity index (χ3v) is 4.65. The number of nitrogens with one attached hydrogen (secondary N) is 1. The first kappa shape index (κ1) is 10.6. The zero-order valence-electron chi connectivity index (χ0n) is 9.95. The van der Waals surface area contributed by atoms with Gasteiger partial charge in [0, 0.05) is 6.04 Å². The van der Waals surface area contributed by atoms with Crippen LogP contribution in [0.1, 0.15) is 38.5 Å². The summed E-state index contributed by atoms with van der Waals surface area (Å²) in [6.45, 7) is 2.86. The van der Waals surface area contributed by atoms with Gasteiger partial charge in [0.05, 0.1) is 6.54 Å². The molecule has 3 aliphatic rings. The Bertz CT molecular complexity index is 273. The standard InChI is InChI=1S/C13H22N2O/c16-13(9-15-5-1-2-6-15)14-12-8-10-3-4-11(12)7-10/h10-12H,1-9H2,(H,14,16)/t10-,11-,12+/m0/s1. The summed E-state index contributed by atoms with van der Waals surface area (Å²) in [5.41, 5.74) is 0. The van der Waals surface area contributed by atoms with Crippen molar-refractivity contribution in [2.45, 2.75) is 44.6 Å². The van der Waals surface area contributed by atoms with Crippen molar-refractivity contribution in [2.24, 2.45) is 11.8 Å². The minimum atomic E-state index is 0.263. The number of hydrogen-bond donors (Lipinski definition) is 1. The maximum absolute atomic E-state index is 11.9. The van der Waals surface area contributed by atoms with Crippen LogP contribution in [0, 0.1) is 11.8 Å². The van der Waals surface area contributed by atoms with Crippen molar-refractivity contribution < 1.29 is 4.79 Å². The molecule has 16 heavy (non-hydrogen) atoms. The van der Waals surface area contributed by atoms with Crippen LogP contribution in [0.15, 0.2) is 0 Å². The lowest BCUT2D eigenvalue weighted by Gasteiger charge is -2.24. The first-order valence-corrected chi connectivity index (χ1v) is 6.83. The van der Waals surface area contributed by atoms with Crippen LogP contribution in [0.5, 0.6) is 0 Å². The quantitative estimate of drug-likeness (QED) is 0.782. The summed E-state index contributed by atoms with van der Waals surface area (Å²) in [5.74, 6) is 1.98. The average Bonchev–Trinajstić information content (AvgIpc) is 2.92. The normalized spacial score (nSPS) is 38.1. The first-order valence-electron chi connectivity index (χ1n) is 6.83. The predicted octanol–water partition coefficient (Wildman–Crippen LogP) is 1.39. The Kier molecular flexibility index (Phi) is 2.88. The fourth-order valence-electron chi connectivity index (χ4n) is 3.82. The summed E-state index contributed by atoms with van der Waals surface area (Å²) in [7, 11) is 0. The molecule has 1 heterocycles. The lowest BCUT2D eigenvalue weighted by molar-refractivity contribution is -0.123. The summed E-state index contributed by atoms with van der Waals surface area (Å²) in [6, 6.07) is 0.508. The van der Waals surface area contributed by atoms with Crippen LogP contribution in [0.25, 0.3) is 0 Å². The molecule has 1 saturated heterocycles. The van der Waals surface area contributed by atoms with Gasteiger partial charge >= 0.3 is 0 Å². The molecule has 3 heteroatoms. The molecule has 3 rings (SSSR count). The molecule has 1 amide bonds. The molecule has 90 valence electrons. The van der Waals surface area contributed by atoms with Gasteiger partial charge in [-0.1, -0.05) is 6.42 Å². The topological polar surface area (TPSA) is 32.3 Å². The summed E-state index contributed by atoms with van der Waals surface area (Å²) >= 11 is 0. The van der Waals surface area contributed by atoms with Crippen LogP contribution in [-0.2, 0) is 4.79 Å². The lowest BCUT2D eigenvalue weighted by Crippen LogP contribution is -2.43. The van der Waals surface area contributed by atoms with Crippen molar-refractivity contribution in [3.05, 3.63) is 0 Å². The fourth-order valence-corrected chi connectivity index (χ4v) is 3.82. The summed E-state index contributed by atoms with van der Waals surface area (Å²) < 4.78 is 0. The molecular formula is C13H22N2O. The van der Waals surface area contributed by atoms with Crippen molar-refractivity contribution in [3.8, 4) is 0 Å². The maximum atomic E-state index is 11.9. The van der Waals surface area contributed by atoms with Crippen LogP contribution in [0.2, 0.25) is 0 Å². The second-order valence-electron chi connectivity index (χ2n) is 5.83.